The zero-order chi connectivity index (χ0) is 37.7. The van der Waals surface area contributed by atoms with Gasteiger partial charge in [0.1, 0.15) is 22.9 Å². The molecule has 5 rings (SSSR count). The number of unbranched alkanes of at least 4 members (excludes halogenated alkanes) is 5. The van der Waals surface area contributed by atoms with Crippen molar-refractivity contribution in [3.05, 3.63) is 96.8 Å². The van der Waals surface area contributed by atoms with Gasteiger partial charge in [0, 0.05) is 21.4 Å². The van der Waals surface area contributed by atoms with E-state index in [1.54, 1.807) is 0 Å². The highest BCUT2D eigenvalue weighted by molar-refractivity contribution is 6.33. The molecule has 0 aliphatic heterocycles. The first-order valence-corrected chi connectivity index (χ1v) is 19.1. The molecule has 4 N–H and O–H groups in total. The molecule has 0 saturated carbocycles. The molecule has 0 amide bonds. The first kappa shape index (κ1) is 38.9. The average molecular weight is 750 g/mol. The second-order valence-electron chi connectivity index (χ2n) is 13.1. The minimum atomic E-state index is -1.02. The summed E-state index contributed by atoms with van der Waals surface area (Å²) in [6, 6.07) is 9.65. The molecule has 276 valence electrons. The number of hydrogen-bond donors (Lipinski definition) is 4. The fraction of sp³-hybridized carbons (Fsp3) is 0.381. The molecule has 4 aromatic carbocycles. The van der Waals surface area contributed by atoms with Crippen molar-refractivity contribution in [3.63, 3.8) is 0 Å². The number of carbonyl (C=O) groups excluding carboxylic acids is 2. The number of halogens is 3. The van der Waals surface area contributed by atoms with Gasteiger partial charge in [-0.05, 0) is 78.6 Å². The van der Waals surface area contributed by atoms with Crippen molar-refractivity contribution >= 4 is 57.5 Å². The summed E-state index contributed by atoms with van der Waals surface area (Å²) in [6.45, 7) is 10.2. The number of nitrogens with one attached hydrogen (secondary N) is 2. The number of carbonyl (C=O) groups is 2. The Labute approximate surface area is 315 Å². The third-order valence-electron chi connectivity index (χ3n) is 9.86. The summed E-state index contributed by atoms with van der Waals surface area (Å²) in [5.41, 5.74) is 2.72. The van der Waals surface area contributed by atoms with E-state index in [1.807, 2.05) is 52.0 Å². The van der Waals surface area contributed by atoms with Crippen LogP contribution in [0, 0.1) is 5.82 Å². The van der Waals surface area contributed by atoms with Gasteiger partial charge in [0.2, 0.25) is 11.6 Å². The smallest absolute Gasteiger partial charge is 0.202 e. The van der Waals surface area contributed by atoms with Crippen LogP contribution in [0.3, 0.4) is 0 Å². The van der Waals surface area contributed by atoms with E-state index in [1.165, 1.54) is 0 Å². The van der Waals surface area contributed by atoms with E-state index in [2.05, 4.69) is 17.6 Å². The molecule has 1 aliphatic carbocycles. The fourth-order valence-electron chi connectivity index (χ4n) is 7.04. The summed E-state index contributed by atoms with van der Waals surface area (Å²) in [4.78, 5) is 28.8. The molecular formula is C42H47Cl2FN2O5. The Morgan fingerprint density at radius 2 is 1.08 bits per heavy atom. The lowest BCUT2D eigenvalue weighted by molar-refractivity contribution is 0.0967. The molecule has 7 nitrogen and oxygen atoms in total. The first-order valence-electron chi connectivity index (χ1n) is 18.3. The maximum Gasteiger partial charge on any atom is 0.202 e. The second-order valence-corrected chi connectivity index (χ2v) is 13.9. The highest BCUT2D eigenvalue weighted by Gasteiger charge is 2.42. The SMILES string of the molecule is CCCCCCCCOc1c(Nc2c(CC)ccc(Cl)c2CC)c(Nc2c(CC)ccc(Cl)c2CC)c(F)c2c1C(=O)c1c(O)ccc(O)c1C2=O. The molecule has 0 spiro atoms. The number of phenols is 2. The standard InChI is InChI=1S/C42H47Cl2FN2O5/c1-6-11-12-13-14-15-22-52-42-34-33(40(50)31-29(48)20-21-30(49)32(31)41(34)51)35(45)38(46-36-23(7-2)16-18-27(43)25(36)9-4)39(42)47-37-24(8-3)17-19-28(44)26(37)10-5/h16-21,46-49H,6-15,22H2,1-5H3. The molecule has 0 aromatic heterocycles. The molecule has 4 aromatic rings. The lowest BCUT2D eigenvalue weighted by Gasteiger charge is -2.29. The lowest BCUT2D eigenvalue weighted by atomic mass is 9.81. The summed E-state index contributed by atoms with van der Waals surface area (Å²) < 4.78 is 24.1. The Hall–Kier alpha value is -4.27. The first-order chi connectivity index (χ1) is 25.0. The van der Waals surface area contributed by atoms with Crippen LogP contribution in [0.2, 0.25) is 10.0 Å². The summed E-state index contributed by atoms with van der Waals surface area (Å²) in [5, 5.41) is 29.4. The Morgan fingerprint density at radius 1 is 0.596 bits per heavy atom. The van der Waals surface area contributed by atoms with Gasteiger partial charge < -0.3 is 25.6 Å². The summed E-state index contributed by atoms with van der Waals surface area (Å²) in [5.74, 6) is -3.89. The Bertz CT molecular complexity index is 2010. The highest BCUT2D eigenvalue weighted by Crippen LogP contribution is 2.51. The van der Waals surface area contributed by atoms with Crippen LogP contribution in [-0.2, 0) is 25.7 Å². The number of aryl methyl sites for hydroxylation is 2. The van der Waals surface area contributed by atoms with Crippen LogP contribution in [0.25, 0.3) is 0 Å². The van der Waals surface area contributed by atoms with Crippen molar-refractivity contribution in [2.24, 2.45) is 0 Å². The van der Waals surface area contributed by atoms with Gasteiger partial charge in [-0.2, -0.15) is 0 Å². The minimum Gasteiger partial charge on any atom is -0.507 e. The van der Waals surface area contributed by atoms with Gasteiger partial charge in [-0.25, -0.2) is 4.39 Å². The van der Waals surface area contributed by atoms with Crippen LogP contribution in [0.5, 0.6) is 17.2 Å². The predicted molar refractivity (Wildman–Crippen MR) is 209 cm³/mol. The predicted octanol–water partition coefficient (Wildman–Crippen LogP) is 11.8. The van der Waals surface area contributed by atoms with Crippen LogP contribution in [0.1, 0.15) is 127 Å². The maximum absolute atomic E-state index is 17.6. The van der Waals surface area contributed by atoms with Crippen molar-refractivity contribution in [3.8, 4) is 17.2 Å². The summed E-state index contributed by atoms with van der Waals surface area (Å²) in [7, 11) is 0. The molecule has 1 aliphatic rings. The van der Waals surface area contributed by atoms with E-state index in [0.29, 0.717) is 53.5 Å². The largest absolute Gasteiger partial charge is 0.507 e. The quantitative estimate of drug-likeness (QED) is 0.0587. The number of aromatic hydroxyl groups is 2. The van der Waals surface area contributed by atoms with Crippen LogP contribution in [0.15, 0.2) is 36.4 Å². The van der Waals surface area contributed by atoms with Crippen LogP contribution >= 0.6 is 23.2 Å². The van der Waals surface area contributed by atoms with Crippen molar-refractivity contribution < 1.29 is 28.9 Å². The maximum atomic E-state index is 17.6. The van der Waals surface area contributed by atoms with E-state index >= 15 is 4.39 Å². The van der Waals surface area contributed by atoms with Gasteiger partial charge >= 0.3 is 0 Å². The van der Waals surface area contributed by atoms with Crippen LogP contribution < -0.4 is 15.4 Å². The van der Waals surface area contributed by atoms with Crippen molar-refractivity contribution in [2.45, 2.75) is 98.8 Å². The van der Waals surface area contributed by atoms with Gasteiger partial charge in [-0.1, -0.05) is 102 Å². The Balaban J connectivity index is 1.85. The number of phenolic OH excluding ortho intramolecular Hbond substituents is 2. The number of ether oxygens (including phenoxy) is 1. The fourth-order valence-corrected chi connectivity index (χ4v) is 7.62. The second kappa shape index (κ2) is 17.0. The molecule has 52 heavy (non-hydrogen) atoms. The molecule has 0 unspecified atom stereocenters. The third-order valence-corrected chi connectivity index (χ3v) is 10.6. The molecule has 0 fully saturated rings. The van der Waals surface area contributed by atoms with Crippen molar-refractivity contribution in [1.82, 2.24) is 0 Å². The van der Waals surface area contributed by atoms with Gasteiger partial charge in [-0.15, -0.1) is 0 Å². The monoisotopic (exact) mass is 748 g/mol. The van der Waals surface area contributed by atoms with Crippen molar-refractivity contribution in [1.29, 1.82) is 0 Å². The van der Waals surface area contributed by atoms with E-state index in [0.717, 1.165) is 66.5 Å². The van der Waals surface area contributed by atoms with E-state index < -0.39 is 45.6 Å². The van der Waals surface area contributed by atoms with E-state index in [9.17, 15) is 19.8 Å². The molecule has 0 radical (unpaired) electrons. The average Bonchev–Trinajstić information content (AvgIpc) is 3.13. The zero-order valence-electron chi connectivity index (χ0n) is 30.5. The number of hydrogen-bond acceptors (Lipinski definition) is 7. The summed E-state index contributed by atoms with van der Waals surface area (Å²) in [6.07, 6.45) is 8.13. The minimum absolute atomic E-state index is 0.0404. The number of rotatable bonds is 16. The number of anilines is 4. The topological polar surface area (TPSA) is 108 Å². The van der Waals surface area contributed by atoms with Gasteiger partial charge in [0.25, 0.3) is 0 Å². The van der Waals surface area contributed by atoms with Gasteiger partial charge in [0.05, 0.1) is 28.9 Å². The van der Waals surface area contributed by atoms with E-state index in [-0.39, 0.29) is 29.3 Å². The van der Waals surface area contributed by atoms with Gasteiger partial charge in [-0.3, -0.25) is 9.59 Å². The van der Waals surface area contributed by atoms with Crippen LogP contribution in [0.4, 0.5) is 27.1 Å². The molecule has 10 heteroatoms. The van der Waals surface area contributed by atoms with Crippen LogP contribution in [-0.4, -0.2) is 28.4 Å². The number of ketones is 2. The summed E-state index contributed by atoms with van der Waals surface area (Å²) >= 11 is 13.4. The molecular weight excluding hydrogens is 702 g/mol. The number of benzene rings is 4. The molecule has 0 heterocycles. The molecule has 0 saturated heterocycles. The van der Waals surface area contributed by atoms with Gasteiger partial charge in [0.15, 0.2) is 11.6 Å². The van der Waals surface area contributed by atoms with Crippen molar-refractivity contribution in [2.75, 3.05) is 17.2 Å². The molecule has 0 atom stereocenters. The Morgan fingerprint density at radius 3 is 1.58 bits per heavy atom. The Kier molecular flexibility index (Phi) is 12.8. The zero-order valence-corrected chi connectivity index (χ0v) is 32.0. The third kappa shape index (κ3) is 7.33. The highest BCUT2D eigenvalue weighted by atomic mass is 35.5. The lowest BCUT2D eigenvalue weighted by Crippen LogP contribution is -2.25. The number of fused-ring (bicyclic) bond motifs is 2. The normalized spacial score (nSPS) is 12.2. The van der Waals surface area contributed by atoms with E-state index in [4.69, 9.17) is 27.9 Å². The molecule has 0 bridgehead atoms.